The lowest BCUT2D eigenvalue weighted by atomic mass is 9.93. The van der Waals surface area contributed by atoms with Gasteiger partial charge in [-0.05, 0) is 32.1 Å². The first-order valence-corrected chi connectivity index (χ1v) is 7.70. The molecule has 0 unspecified atom stereocenters. The molecule has 0 aromatic carbocycles. The van der Waals surface area contributed by atoms with Crippen molar-refractivity contribution >= 4 is 5.91 Å². The van der Waals surface area contributed by atoms with Crippen LogP contribution in [0.1, 0.15) is 31.2 Å². The second kappa shape index (κ2) is 6.25. The molecule has 0 radical (unpaired) electrons. The molecule has 0 spiro atoms. The fourth-order valence-corrected chi connectivity index (χ4v) is 2.98. The van der Waals surface area contributed by atoms with E-state index in [2.05, 4.69) is 19.9 Å². The van der Waals surface area contributed by atoms with Gasteiger partial charge >= 0.3 is 0 Å². The van der Waals surface area contributed by atoms with Crippen molar-refractivity contribution in [3.8, 4) is 11.5 Å². The molecule has 2 aromatic heterocycles. The lowest BCUT2D eigenvalue weighted by Crippen LogP contribution is -2.39. The van der Waals surface area contributed by atoms with Gasteiger partial charge in [-0.3, -0.25) is 9.78 Å². The number of carbonyl (C=O) groups is 1. The number of rotatable bonds is 3. The molecule has 1 aliphatic heterocycles. The third-order valence-corrected chi connectivity index (χ3v) is 4.09. The highest BCUT2D eigenvalue weighted by Crippen LogP contribution is 2.21. The molecular formula is C16H21N5O. The van der Waals surface area contributed by atoms with Crippen molar-refractivity contribution in [2.24, 2.45) is 5.92 Å². The second-order valence-corrected chi connectivity index (χ2v) is 5.99. The van der Waals surface area contributed by atoms with Gasteiger partial charge in [0.1, 0.15) is 5.69 Å². The summed E-state index contributed by atoms with van der Waals surface area (Å²) in [5.74, 6) is 1.37. The maximum absolute atomic E-state index is 11.5. The number of hydrogen-bond acceptors (Lipinski definition) is 4. The molecule has 3 heterocycles. The largest absolute Gasteiger partial charge is 0.343 e. The smallest absolute Gasteiger partial charge is 0.219 e. The van der Waals surface area contributed by atoms with Gasteiger partial charge in [0.25, 0.3) is 0 Å². The Labute approximate surface area is 130 Å². The number of H-pyrrole nitrogens is 1. The molecule has 1 aliphatic rings. The van der Waals surface area contributed by atoms with Gasteiger partial charge in [-0.2, -0.15) is 0 Å². The van der Waals surface area contributed by atoms with Crippen molar-refractivity contribution in [1.29, 1.82) is 0 Å². The molecule has 116 valence electrons. The van der Waals surface area contributed by atoms with Crippen LogP contribution in [0.3, 0.4) is 0 Å². The first-order valence-electron chi connectivity index (χ1n) is 7.70. The van der Waals surface area contributed by atoms with E-state index in [1.54, 1.807) is 19.3 Å². The number of amides is 1. The van der Waals surface area contributed by atoms with Crippen LogP contribution in [0.25, 0.3) is 11.5 Å². The monoisotopic (exact) mass is 299 g/mol. The zero-order valence-corrected chi connectivity index (χ0v) is 13.0. The second-order valence-electron chi connectivity index (χ2n) is 5.99. The van der Waals surface area contributed by atoms with Crippen molar-refractivity contribution in [3.05, 3.63) is 30.0 Å². The topological polar surface area (TPSA) is 74.8 Å². The maximum atomic E-state index is 11.5. The van der Waals surface area contributed by atoms with Crippen LogP contribution in [0, 0.1) is 12.8 Å². The molecule has 22 heavy (non-hydrogen) atoms. The molecular weight excluding hydrogens is 278 g/mol. The minimum atomic E-state index is 0.163. The SMILES string of the molecule is CC(=O)N1CCC[C@H](Cc2cncc(-c3ncc(C)[nH]3)n2)C1. The summed E-state index contributed by atoms with van der Waals surface area (Å²) in [6, 6.07) is 0. The Hall–Kier alpha value is -2.24. The van der Waals surface area contributed by atoms with E-state index in [0.29, 0.717) is 5.92 Å². The molecule has 1 amide bonds. The third-order valence-electron chi connectivity index (χ3n) is 4.09. The summed E-state index contributed by atoms with van der Waals surface area (Å²) in [6.45, 7) is 5.30. The van der Waals surface area contributed by atoms with Gasteiger partial charge in [0.15, 0.2) is 5.82 Å². The van der Waals surface area contributed by atoms with Gasteiger partial charge in [-0.25, -0.2) is 9.97 Å². The number of nitrogens with one attached hydrogen (secondary N) is 1. The molecule has 1 N–H and O–H groups in total. The Morgan fingerprint density at radius 2 is 2.27 bits per heavy atom. The number of likely N-dealkylation sites (tertiary alicyclic amines) is 1. The molecule has 2 aromatic rings. The summed E-state index contributed by atoms with van der Waals surface area (Å²) >= 11 is 0. The molecule has 1 fully saturated rings. The molecule has 6 nitrogen and oxygen atoms in total. The number of imidazole rings is 1. The number of aryl methyl sites for hydroxylation is 1. The van der Waals surface area contributed by atoms with Crippen LogP contribution < -0.4 is 0 Å². The Bertz CT molecular complexity index is 666. The normalized spacial score (nSPS) is 18.5. The van der Waals surface area contributed by atoms with Gasteiger partial charge < -0.3 is 9.88 Å². The van der Waals surface area contributed by atoms with E-state index < -0.39 is 0 Å². The minimum Gasteiger partial charge on any atom is -0.343 e. The fraction of sp³-hybridized carbons (Fsp3) is 0.500. The molecule has 6 heteroatoms. The van der Waals surface area contributed by atoms with Crippen LogP contribution >= 0.6 is 0 Å². The van der Waals surface area contributed by atoms with Crippen LogP contribution in [0.2, 0.25) is 0 Å². The van der Waals surface area contributed by atoms with Crippen molar-refractivity contribution in [3.63, 3.8) is 0 Å². The van der Waals surface area contributed by atoms with E-state index in [0.717, 1.165) is 55.3 Å². The van der Waals surface area contributed by atoms with Crippen LogP contribution in [0.4, 0.5) is 0 Å². The van der Waals surface area contributed by atoms with E-state index in [1.807, 2.05) is 18.0 Å². The first-order chi connectivity index (χ1) is 10.6. The van der Waals surface area contributed by atoms with Crippen molar-refractivity contribution in [2.75, 3.05) is 13.1 Å². The van der Waals surface area contributed by atoms with E-state index >= 15 is 0 Å². The number of aromatic nitrogens is 4. The van der Waals surface area contributed by atoms with Crippen molar-refractivity contribution in [2.45, 2.75) is 33.1 Å². The predicted molar refractivity (Wildman–Crippen MR) is 83.0 cm³/mol. The standard InChI is InChI=1S/C16H21N5O/c1-11-7-18-16(19-11)15-9-17-8-14(20-15)6-13-4-3-5-21(10-13)12(2)22/h7-9,13H,3-6,10H2,1-2H3,(H,18,19)/t13-/m1/s1. The Kier molecular flexibility index (Phi) is 4.18. The summed E-state index contributed by atoms with van der Waals surface area (Å²) in [4.78, 5) is 29.9. The van der Waals surface area contributed by atoms with E-state index in [4.69, 9.17) is 0 Å². The number of carbonyl (C=O) groups excluding carboxylic acids is 1. The zero-order chi connectivity index (χ0) is 15.5. The average molecular weight is 299 g/mol. The van der Waals surface area contributed by atoms with Crippen LogP contribution in [-0.2, 0) is 11.2 Å². The Balaban J connectivity index is 1.71. The molecule has 0 saturated carbocycles. The zero-order valence-electron chi connectivity index (χ0n) is 13.0. The third kappa shape index (κ3) is 3.32. The fourth-order valence-electron chi connectivity index (χ4n) is 2.98. The number of hydrogen-bond donors (Lipinski definition) is 1. The summed E-state index contributed by atoms with van der Waals surface area (Å²) < 4.78 is 0. The van der Waals surface area contributed by atoms with Crippen LogP contribution in [-0.4, -0.2) is 43.8 Å². The van der Waals surface area contributed by atoms with Gasteiger partial charge in [0.05, 0.1) is 11.9 Å². The average Bonchev–Trinajstić information content (AvgIpc) is 2.94. The molecule has 3 rings (SSSR count). The minimum absolute atomic E-state index is 0.163. The van der Waals surface area contributed by atoms with Gasteiger partial charge in [0.2, 0.25) is 5.91 Å². The van der Waals surface area contributed by atoms with E-state index in [-0.39, 0.29) is 5.91 Å². The van der Waals surface area contributed by atoms with Crippen molar-refractivity contribution in [1.82, 2.24) is 24.8 Å². The first kappa shape index (κ1) is 14.7. The van der Waals surface area contributed by atoms with E-state index in [9.17, 15) is 4.79 Å². The predicted octanol–water partition coefficient (Wildman–Crippen LogP) is 1.98. The Morgan fingerprint density at radius 1 is 1.41 bits per heavy atom. The summed E-state index contributed by atoms with van der Waals surface area (Å²) in [6.07, 6.45) is 8.38. The van der Waals surface area contributed by atoms with Crippen LogP contribution in [0.5, 0.6) is 0 Å². The van der Waals surface area contributed by atoms with E-state index in [1.165, 1.54) is 0 Å². The highest BCUT2D eigenvalue weighted by molar-refractivity contribution is 5.73. The lowest BCUT2D eigenvalue weighted by Gasteiger charge is -2.31. The number of aromatic amines is 1. The molecule has 0 bridgehead atoms. The van der Waals surface area contributed by atoms with Gasteiger partial charge in [0, 0.05) is 38.1 Å². The molecule has 1 atom stereocenters. The quantitative estimate of drug-likeness (QED) is 0.940. The highest BCUT2D eigenvalue weighted by Gasteiger charge is 2.22. The highest BCUT2D eigenvalue weighted by atomic mass is 16.2. The van der Waals surface area contributed by atoms with Crippen LogP contribution in [0.15, 0.2) is 18.6 Å². The molecule has 0 aliphatic carbocycles. The van der Waals surface area contributed by atoms with Crippen molar-refractivity contribution < 1.29 is 4.79 Å². The summed E-state index contributed by atoms with van der Waals surface area (Å²) in [5.41, 5.74) is 2.73. The number of piperidine rings is 1. The molecule has 1 saturated heterocycles. The lowest BCUT2D eigenvalue weighted by molar-refractivity contribution is -0.130. The van der Waals surface area contributed by atoms with Gasteiger partial charge in [-0.15, -0.1) is 0 Å². The maximum Gasteiger partial charge on any atom is 0.219 e. The van der Waals surface area contributed by atoms with Gasteiger partial charge in [-0.1, -0.05) is 0 Å². The Morgan fingerprint density at radius 3 is 3.00 bits per heavy atom. The summed E-state index contributed by atoms with van der Waals surface area (Å²) in [7, 11) is 0. The number of nitrogens with zero attached hydrogens (tertiary/aromatic N) is 4. The summed E-state index contributed by atoms with van der Waals surface area (Å²) in [5, 5.41) is 0.